The molecule has 0 saturated heterocycles. The summed E-state index contributed by atoms with van der Waals surface area (Å²) in [6.45, 7) is 21.0. The van der Waals surface area contributed by atoms with Gasteiger partial charge in [-0.15, -0.1) is 0 Å². The van der Waals surface area contributed by atoms with Crippen molar-refractivity contribution in [1.29, 1.82) is 0 Å². The lowest BCUT2D eigenvalue weighted by Gasteiger charge is -2.32. The van der Waals surface area contributed by atoms with Crippen LogP contribution in [0.5, 0.6) is 0 Å². The average Bonchev–Trinajstić information content (AvgIpc) is 2.84. The molecule has 2 atom stereocenters. The molecular weight excluding hydrogens is 538 g/mol. The van der Waals surface area contributed by atoms with E-state index < -0.39 is 28.6 Å². The predicted molar refractivity (Wildman–Crippen MR) is 167 cm³/mol. The molecule has 4 N–H and O–H groups in total. The molecule has 0 rings (SSSR count). The highest BCUT2D eigenvalue weighted by molar-refractivity contribution is 5.89. The van der Waals surface area contributed by atoms with E-state index in [-0.39, 0.29) is 53.2 Å². The first-order valence-electron chi connectivity index (χ1n) is 14.9. The number of carboxylic acids is 1. The second-order valence-electron chi connectivity index (χ2n) is 13.6. The highest BCUT2D eigenvalue weighted by Crippen LogP contribution is 2.24. The van der Waals surface area contributed by atoms with Crippen LogP contribution in [-0.2, 0) is 28.8 Å². The zero-order valence-electron chi connectivity index (χ0n) is 28.5. The molecule has 0 fully saturated rings. The van der Waals surface area contributed by atoms with E-state index in [1.807, 2.05) is 34.6 Å². The number of hydrogen-bond acceptors (Lipinski definition) is 9. The maximum atomic E-state index is 12.3. The summed E-state index contributed by atoms with van der Waals surface area (Å²) in [6.07, 6.45) is 2.64. The molecule has 0 aliphatic heterocycles. The van der Waals surface area contributed by atoms with Crippen LogP contribution in [0.15, 0.2) is 0 Å². The fourth-order valence-corrected chi connectivity index (χ4v) is 3.72. The summed E-state index contributed by atoms with van der Waals surface area (Å²) in [7, 11) is 1.75. The average molecular weight is 598 g/mol. The second-order valence-corrected chi connectivity index (χ2v) is 13.6. The Labute approximate surface area is 253 Å². The number of nitrogens with one attached hydrogen (secondary N) is 3. The molecule has 0 amide bonds. The van der Waals surface area contributed by atoms with E-state index in [1.165, 1.54) is 20.8 Å². The largest absolute Gasteiger partial charge is 0.481 e. The lowest BCUT2D eigenvalue weighted by atomic mass is 9.82. The van der Waals surface area contributed by atoms with E-state index in [0.717, 1.165) is 6.42 Å². The van der Waals surface area contributed by atoms with Gasteiger partial charge in [0.25, 0.3) is 0 Å². The molecule has 42 heavy (non-hydrogen) atoms. The molecule has 0 bridgehead atoms. The van der Waals surface area contributed by atoms with E-state index in [1.54, 1.807) is 34.7 Å². The van der Waals surface area contributed by atoms with Gasteiger partial charge in [-0.05, 0) is 88.6 Å². The minimum absolute atomic E-state index is 0.00986. The number of Topliss-reactive ketones (excluding diaryl/α,β-unsaturated/α-hetero) is 5. The van der Waals surface area contributed by atoms with Gasteiger partial charge < -0.3 is 25.9 Å². The van der Waals surface area contributed by atoms with Gasteiger partial charge in [0.15, 0.2) is 5.78 Å². The third-order valence-electron chi connectivity index (χ3n) is 8.27. The summed E-state index contributed by atoms with van der Waals surface area (Å²) in [4.78, 5) is 69.8. The number of carbonyl (C=O) groups excluding carboxylic acids is 5. The zero-order valence-corrected chi connectivity index (χ0v) is 28.5. The van der Waals surface area contributed by atoms with Crippen molar-refractivity contribution in [2.24, 2.45) is 5.41 Å². The van der Waals surface area contributed by atoms with Crippen molar-refractivity contribution < 1.29 is 33.9 Å². The third-order valence-corrected chi connectivity index (χ3v) is 8.27. The number of rotatable bonds is 20. The Morgan fingerprint density at radius 3 is 1.38 bits per heavy atom. The van der Waals surface area contributed by atoms with Gasteiger partial charge in [0.05, 0.1) is 23.0 Å². The number of carbonyl (C=O) groups is 6. The minimum Gasteiger partial charge on any atom is -0.481 e. The van der Waals surface area contributed by atoms with Gasteiger partial charge in [-0.3, -0.25) is 24.0 Å². The van der Waals surface area contributed by atoms with Gasteiger partial charge in [-0.2, -0.15) is 0 Å². The first-order valence-corrected chi connectivity index (χ1v) is 14.9. The molecule has 0 aromatic rings. The fourth-order valence-electron chi connectivity index (χ4n) is 3.72. The van der Waals surface area contributed by atoms with Gasteiger partial charge in [0.1, 0.15) is 23.1 Å². The van der Waals surface area contributed by atoms with Gasteiger partial charge in [-0.1, -0.05) is 20.8 Å². The molecular formula is C32H59N3O7. The first-order chi connectivity index (χ1) is 18.8. The standard InChI is InChI=1S/C16H30N2O3.C16H29NO4/c1-11(19)8-9-13(18-15(3,4)12(2)20)10-14(21)16(5,6)17-7;1-7-15(3,4)13(19)9-8-12(10-14(20)21)17-16(5,6)11(2)18/h13,17-18H,8-10H2,1-7H3;12,17H,7-10H2,1-6H3,(H,20,21). The summed E-state index contributed by atoms with van der Waals surface area (Å²) in [5.41, 5.74) is -2.49. The van der Waals surface area contributed by atoms with Crippen LogP contribution in [0.25, 0.3) is 0 Å². The molecule has 244 valence electrons. The summed E-state index contributed by atoms with van der Waals surface area (Å²) < 4.78 is 0. The second kappa shape index (κ2) is 17.7. The molecule has 0 spiro atoms. The molecule has 0 radical (unpaired) electrons. The minimum atomic E-state index is -0.936. The Hall–Kier alpha value is -2.30. The molecule has 0 aromatic carbocycles. The van der Waals surface area contributed by atoms with Crippen LogP contribution in [-0.4, -0.2) is 75.7 Å². The topological polar surface area (TPSA) is 159 Å². The molecule has 0 heterocycles. The van der Waals surface area contributed by atoms with Gasteiger partial charge in [-0.25, -0.2) is 0 Å². The smallest absolute Gasteiger partial charge is 0.304 e. The van der Waals surface area contributed by atoms with Crippen LogP contribution in [0.1, 0.15) is 128 Å². The Morgan fingerprint density at radius 2 is 1.05 bits per heavy atom. The first kappa shape index (κ1) is 41.8. The highest BCUT2D eigenvalue weighted by atomic mass is 16.4. The van der Waals surface area contributed by atoms with Crippen molar-refractivity contribution in [2.45, 2.75) is 157 Å². The van der Waals surface area contributed by atoms with E-state index in [4.69, 9.17) is 5.11 Å². The number of hydrogen-bond donors (Lipinski definition) is 4. The Morgan fingerprint density at radius 1 is 0.643 bits per heavy atom. The van der Waals surface area contributed by atoms with Crippen LogP contribution < -0.4 is 16.0 Å². The van der Waals surface area contributed by atoms with Crippen molar-refractivity contribution in [3.8, 4) is 0 Å². The monoisotopic (exact) mass is 597 g/mol. The van der Waals surface area contributed by atoms with E-state index in [0.29, 0.717) is 25.7 Å². The number of carboxylic acid groups (broad SMARTS) is 1. The quantitative estimate of drug-likeness (QED) is 0.160. The van der Waals surface area contributed by atoms with Crippen molar-refractivity contribution >= 4 is 34.9 Å². The van der Waals surface area contributed by atoms with Crippen molar-refractivity contribution in [3.05, 3.63) is 0 Å². The summed E-state index contributed by atoms with van der Waals surface area (Å²) in [6, 6.07) is -0.578. The summed E-state index contributed by atoms with van der Waals surface area (Å²) in [5.74, 6) is -0.709. The van der Waals surface area contributed by atoms with Crippen LogP contribution in [0.3, 0.4) is 0 Å². The maximum absolute atomic E-state index is 12.3. The molecule has 10 heteroatoms. The summed E-state index contributed by atoms with van der Waals surface area (Å²) in [5, 5.41) is 18.3. The zero-order chi connectivity index (χ0) is 33.7. The number of aliphatic carboxylic acids is 1. The fraction of sp³-hybridized carbons (Fsp3) is 0.812. The van der Waals surface area contributed by atoms with Gasteiger partial charge >= 0.3 is 5.97 Å². The van der Waals surface area contributed by atoms with Crippen LogP contribution in [0.4, 0.5) is 0 Å². The summed E-state index contributed by atoms with van der Waals surface area (Å²) >= 11 is 0. The van der Waals surface area contributed by atoms with Gasteiger partial charge in [0.2, 0.25) is 0 Å². The number of ketones is 5. The van der Waals surface area contributed by atoms with Crippen LogP contribution >= 0.6 is 0 Å². The van der Waals surface area contributed by atoms with E-state index in [9.17, 15) is 28.8 Å². The third kappa shape index (κ3) is 16.4. The molecule has 0 saturated carbocycles. The van der Waals surface area contributed by atoms with Crippen molar-refractivity contribution in [3.63, 3.8) is 0 Å². The molecule has 2 unspecified atom stereocenters. The van der Waals surface area contributed by atoms with Crippen LogP contribution in [0.2, 0.25) is 0 Å². The Bertz CT molecular complexity index is 952. The predicted octanol–water partition coefficient (Wildman–Crippen LogP) is 4.21. The lowest BCUT2D eigenvalue weighted by molar-refractivity contribution is -0.138. The van der Waals surface area contributed by atoms with E-state index in [2.05, 4.69) is 16.0 Å². The van der Waals surface area contributed by atoms with Crippen molar-refractivity contribution in [2.75, 3.05) is 7.05 Å². The SMILES string of the molecule is CCC(C)(C)C(=O)CCC(CC(=O)O)NC(C)(C)C(C)=O.CNC(C)(C)C(=O)CC(CCC(C)=O)NC(C)(C)C(C)=O. The molecule has 10 nitrogen and oxygen atoms in total. The highest BCUT2D eigenvalue weighted by Gasteiger charge is 2.32. The lowest BCUT2D eigenvalue weighted by Crippen LogP contribution is -2.53. The Balaban J connectivity index is 0. The van der Waals surface area contributed by atoms with E-state index >= 15 is 0 Å². The Kier molecular flexibility index (Phi) is 17.7. The van der Waals surface area contributed by atoms with Gasteiger partial charge in [0, 0.05) is 36.8 Å². The maximum Gasteiger partial charge on any atom is 0.304 e. The molecule has 0 aliphatic carbocycles. The number of likely N-dealkylation sites (N-methyl/N-ethyl adjacent to an activating group) is 1. The molecule has 0 aliphatic rings. The van der Waals surface area contributed by atoms with Crippen molar-refractivity contribution in [1.82, 2.24) is 16.0 Å². The van der Waals surface area contributed by atoms with Crippen LogP contribution in [0, 0.1) is 5.41 Å². The molecule has 0 aromatic heterocycles. The normalized spacial score (nSPS) is 13.8.